The van der Waals surface area contributed by atoms with Crippen LogP contribution in [0.15, 0.2) is 29.1 Å². The van der Waals surface area contributed by atoms with Crippen LogP contribution in [-0.2, 0) is 17.8 Å². The largest absolute Gasteiger partial charge is 0.376 e. The van der Waals surface area contributed by atoms with Crippen molar-refractivity contribution in [2.45, 2.75) is 65.1 Å². The molecule has 0 unspecified atom stereocenters. The van der Waals surface area contributed by atoms with Gasteiger partial charge in [0, 0.05) is 13.2 Å². The van der Waals surface area contributed by atoms with E-state index in [9.17, 15) is 4.79 Å². The fourth-order valence-electron chi connectivity index (χ4n) is 4.44. The Morgan fingerprint density at radius 3 is 2.60 bits per heavy atom. The standard InChI is InChI=1S/C23H27N5O2/c1-3-4-7-12-27-21-19(20-22(27)26-18-11-6-5-10-17(18)25-20)23(29)28(15(2)24-21)14-16-9-8-13-30-16/h5-6,10-11,16H,3-4,7-9,12-14H2,1-2H3/t16-/m1/s1. The fraction of sp³-hybridized carbons (Fsp3) is 0.478. The maximum absolute atomic E-state index is 13.6. The van der Waals surface area contributed by atoms with Gasteiger partial charge in [-0.3, -0.25) is 9.36 Å². The van der Waals surface area contributed by atoms with Crippen LogP contribution in [0.3, 0.4) is 0 Å². The third-order valence-corrected chi connectivity index (χ3v) is 6.04. The molecule has 5 rings (SSSR count). The van der Waals surface area contributed by atoms with Gasteiger partial charge in [-0.1, -0.05) is 31.9 Å². The number of hydrogen-bond donors (Lipinski definition) is 0. The maximum atomic E-state index is 13.6. The van der Waals surface area contributed by atoms with Gasteiger partial charge in [-0.2, -0.15) is 0 Å². The molecule has 0 N–H and O–H groups in total. The van der Waals surface area contributed by atoms with Gasteiger partial charge in [0.25, 0.3) is 5.56 Å². The van der Waals surface area contributed by atoms with Gasteiger partial charge in [-0.05, 0) is 38.3 Å². The number of ether oxygens (including phenoxy) is 1. The Bertz CT molecular complexity index is 1280. The summed E-state index contributed by atoms with van der Waals surface area (Å²) >= 11 is 0. The summed E-state index contributed by atoms with van der Waals surface area (Å²) in [4.78, 5) is 28.2. The number of aryl methyl sites for hydroxylation is 2. The highest BCUT2D eigenvalue weighted by Crippen LogP contribution is 2.26. The van der Waals surface area contributed by atoms with Gasteiger partial charge in [-0.15, -0.1) is 0 Å². The van der Waals surface area contributed by atoms with Gasteiger partial charge in [0.1, 0.15) is 16.7 Å². The zero-order chi connectivity index (χ0) is 20.7. The number of nitrogens with zero attached hydrogens (tertiary/aromatic N) is 5. The van der Waals surface area contributed by atoms with Gasteiger partial charge in [0.05, 0.1) is 23.7 Å². The molecule has 0 aliphatic carbocycles. The predicted octanol–water partition coefficient (Wildman–Crippen LogP) is 3.97. The lowest BCUT2D eigenvalue weighted by atomic mass is 10.2. The van der Waals surface area contributed by atoms with Gasteiger partial charge in [-0.25, -0.2) is 15.0 Å². The lowest BCUT2D eigenvalue weighted by Gasteiger charge is -2.14. The number of unbranched alkanes of at least 4 members (excludes halogenated alkanes) is 2. The molecule has 0 bridgehead atoms. The third kappa shape index (κ3) is 3.17. The number of benzene rings is 1. The topological polar surface area (TPSA) is 74.8 Å². The molecule has 0 radical (unpaired) electrons. The molecule has 30 heavy (non-hydrogen) atoms. The summed E-state index contributed by atoms with van der Waals surface area (Å²) in [5, 5.41) is 0.573. The highest BCUT2D eigenvalue weighted by molar-refractivity contribution is 6.04. The summed E-state index contributed by atoms with van der Waals surface area (Å²) in [5.41, 5.74) is 3.68. The molecule has 7 nitrogen and oxygen atoms in total. The summed E-state index contributed by atoms with van der Waals surface area (Å²) in [6.45, 7) is 6.18. The highest BCUT2D eigenvalue weighted by Gasteiger charge is 2.23. The molecule has 0 amide bonds. The van der Waals surface area contributed by atoms with E-state index in [1.807, 2.05) is 31.2 Å². The van der Waals surface area contributed by atoms with Crippen LogP contribution in [0.5, 0.6) is 0 Å². The van der Waals surface area contributed by atoms with Crippen LogP contribution in [0.2, 0.25) is 0 Å². The summed E-state index contributed by atoms with van der Waals surface area (Å²) in [7, 11) is 0. The fourth-order valence-corrected chi connectivity index (χ4v) is 4.44. The Balaban J connectivity index is 1.77. The Morgan fingerprint density at radius 1 is 1.07 bits per heavy atom. The smallest absolute Gasteiger partial charge is 0.265 e. The molecule has 1 saturated heterocycles. The number of fused-ring (bicyclic) bond motifs is 4. The molecule has 3 aromatic heterocycles. The average Bonchev–Trinajstić information content (AvgIpc) is 3.36. The second kappa shape index (κ2) is 7.80. The first-order chi connectivity index (χ1) is 14.7. The Kier molecular flexibility index (Phi) is 4.98. The van der Waals surface area contributed by atoms with Gasteiger partial charge in [0.2, 0.25) is 0 Å². The molecular formula is C23H27N5O2. The van der Waals surface area contributed by atoms with Gasteiger partial charge >= 0.3 is 0 Å². The summed E-state index contributed by atoms with van der Waals surface area (Å²) in [6, 6.07) is 7.81. The molecule has 1 aliphatic heterocycles. The number of para-hydroxylation sites is 2. The van der Waals surface area contributed by atoms with Crippen molar-refractivity contribution in [3.05, 3.63) is 40.4 Å². The monoisotopic (exact) mass is 405 g/mol. The molecule has 0 spiro atoms. The second-order valence-electron chi connectivity index (χ2n) is 8.15. The average molecular weight is 406 g/mol. The molecule has 4 aromatic rings. The maximum Gasteiger partial charge on any atom is 0.265 e. The summed E-state index contributed by atoms with van der Waals surface area (Å²) in [6.07, 6.45) is 5.37. The molecule has 156 valence electrons. The minimum atomic E-state index is -0.0446. The predicted molar refractivity (Wildman–Crippen MR) is 118 cm³/mol. The van der Waals surface area contributed by atoms with Crippen LogP contribution in [0.25, 0.3) is 33.2 Å². The third-order valence-electron chi connectivity index (χ3n) is 6.04. The van der Waals surface area contributed by atoms with E-state index in [0.29, 0.717) is 28.9 Å². The van der Waals surface area contributed by atoms with E-state index in [-0.39, 0.29) is 11.7 Å². The number of rotatable bonds is 6. The first-order valence-electron chi connectivity index (χ1n) is 10.9. The van der Waals surface area contributed by atoms with Crippen molar-refractivity contribution in [1.29, 1.82) is 0 Å². The SMILES string of the molecule is CCCCCn1c2nc3ccccc3nc2c2c(=O)n(C[C@H]3CCCO3)c(C)nc21. The van der Waals surface area contributed by atoms with Crippen LogP contribution < -0.4 is 5.56 Å². The lowest BCUT2D eigenvalue weighted by Crippen LogP contribution is -2.29. The van der Waals surface area contributed by atoms with Crippen LogP contribution in [-0.4, -0.2) is 36.8 Å². The van der Waals surface area contributed by atoms with E-state index in [0.717, 1.165) is 61.9 Å². The zero-order valence-corrected chi connectivity index (χ0v) is 17.6. The van der Waals surface area contributed by atoms with E-state index in [1.54, 1.807) is 4.57 Å². The van der Waals surface area contributed by atoms with E-state index in [4.69, 9.17) is 19.7 Å². The normalized spacial score (nSPS) is 16.9. The van der Waals surface area contributed by atoms with Crippen LogP contribution in [0, 0.1) is 6.92 Å². The van der Waals surface area contributed by atoms with Crippen molar-refractivity contribution in [1.82, 2.24) is 24.1 Å². The first-order valence-corrected chi connectivity index (χ1v) is 10.9. The van der Waals surface area contributed by atoms with Crippen LogP contribution in [0.1, 0.15) is 44.9 Å². The van der Waals surface area contributed by atoms with Crippen molar-refractivity contribution in [3.8, 4) is 0 Å². The van der Waals surface area contributed by atoms with E-state index in [2.05, 4.69) is 11.5 Å². The lowest BCUT2D eigenvalue weighted by molar-refractivity contribution is 0.0955. The molecule has 1 atom stereocenters. The Hall–Kier alpha value is -2.80. The van der Waals surface area contributed by atoms with E-state index < -0.39 is 0 Å². The van der Waals surface area contributed by atoms with Gasteiger partial charge < -0.3 is 9.30 Å². The van der Waals surface area contributed by atoms with Crippen molar-refractivity contribution < 1.29 is 4.74 Å². The molecule has 7 heteroatoms. The summed E-state index contributed by atoms with van der Waals surface area (Å²) in [5.74, 6) is 0.715. The van der Waals surface area contributed by atoms with Crippen molar-refractivity contribution >= 4 is 33.2 Å². The Labute approximate surface area is 174 Å². The minimum Gasteiger partial charge on any atom is -0.376 e. The molecule has 1 fully saturated rings. The van der Waals surface area contributed by atoms with E-state index in [1.165, 1.54) is 0 Å². The van der Waals surface area contributed by atoms with Crippen molar-refractivity contribution in [2.24, 2.45) is 0 Å². The summed E-state index contributed by atoms with van der Waals surface area (Å²) < 4.78 is 9.62. The van der Waals surface area contributed by atoms with E-state index >= 15 is 0 Å². The second-order valence-corrected chi connectivity index (χ2v) is 8.15. The van der Waals surface area contributed by atoms with Gasteiger partial charge in [0.15, 0.2) is 11.3 Å². The minimum absolute atomic E-state index is 0.0446. The molecule has 1 aliphatic rings. The van der Waals surface area contributed by atoms with Crippen LogP contribution in [0.4, 0.5) is 0 Å². The quantitative estimate of drug-likeness (QED) is 0.454. The molecule has 1 aromatic carbocycles. The highest BCUT2D eigenvalue weighted by atomic mass is 16.5. The molecule has 4 heterocycles. The van der Waals surface area contributed by atoms with Crippen molar-refractivity contribution in [3.63, 3.8) is 0 Å². The molecular weight excluding hydrogens is 378 g/mol. The van der Waals surface area contributed by atoms with Crippen LogP contribution >= 0.6 is 0 Å². The Morgan fingerprint density at radius 2 is 1.87 bits per heavy atom. The number of aromatic nitrogens is 5. The molecule has 0 saturated carbocycles. The zero-order valence-electron chi connectivity index (χ0n) is 17.6. The number of hydrogen-bond acceptors (Lipinski definition) is 5. The van der Waals surface area contributed by atoms with Crippen molar-refractivity contribution in [2.75, 3.05) is 6.61 Å². The first kappa shape index (κ1) is 19.2.